The predicted molar refractivity (Wildman–Crippen MR) is 57.5 cm³/mol. The highest BCUT2D eigenvalue weighted by Crippen LogP contribution is 2.10. The largest absolute Gasteiger partial charge is 0.330 e. The topological polar surface area (TPSA) is 73.8 Å². The molecule has 0 aliphatic heterocycles. The Bertz CT molecular complexity index is 317. The lowest BCUT2D eigenvalue weighted by Gasteiger charge is -2.11. The van der Waals surface area contributed by atoms with Gasteiger partial charge in [-0.15, -0.1) is 5.10 Å². The molecule has 0 amide bonds. The molecule has 1 rings (SSSR count). The number of hydrogen-bond acceptors (Lipinski definition) is 4. The van der Waals surface area contributed by atoms with Gasteiger partial charge < -0.3 is 5.73 Å². The van der Waals surface area contributed by atoms with Crippen LogP contribution < -0.4 is 5.73 Å². The summed E-state index contributed by atoms with van der Waals surface area (Å²) in [6.07, 6.45) is 3.21. The summed E-state index contributed by atoms with van der Waals surface area (Å²) in [4.78, 5) is 12.0. The molecule has 1 aromatic heterocycles. The number of carbonyl (C=O) groups excluding carboxylic acids is 1. The maximum Gasteiger partial charge on any atom is 0.186 e. The van der Waals surface area contributed by atoms with Gasteiger partial charge in [0.2, 0.25) is 0 Å². The molecule has 0 aromatic carbocycles. The van der Waals surface area contributed by atoms with Crippen molar-refractivity contribution in [2.75, 3.05) is 6.54 Å². The molecule has 0 aliphatic rings. The Balaban J connectivity index is 2.84. The number of nitrogens with zero attached hydrogens (tertiary/aromatic N) is 3. The number of aryl methyl sites for hydroxylation is 1. The van der Waals surface area contributed by atoms with Crippen LogP contribution in [0.3, 0.4) is 0 Å². The Kier molecular flexibility index (Phi) is 4.42. The van der Waals surface area contributed by atoms with Crippen LogP contribution in [-0.2, 0) is 6.54 Å². The first-order valence-corrected chi connectivity index (χ1v) is 5.37. The van der Waals surface area contributed by atoms with Gasteiger partial charge in [0.05, 0.1) is 6.20 Å². The molecule has 0 saturated carbocycles. The third-order valence-electron chi connectivity index (χ3n) is 2.45. The maximum atomic E-state index is 12.0. The minimum atomic E-state index is -0.112. The van der Waals surface area contributed by atoms with Crippen LogP contribution >= 0.6 is 0 Å². The van der Waals surface area contributed by atoms with E-state index in [1.165, 1.54) is 6.20 Å². The van der Waals surface area contributed by atoms with E-state index in [1.807, 2.05) is 13.8 Å². The van der Waals surface area contributed by atoms with Gasteiger partial charge in [-0.25, -0.2) is 4.68 Å². The summed E-state index contributed by atoms with van der Waals surface area (Å²) < 4.78 is 1.65. The predicted octanol–water partition coefficient (Wildman–Crippen LogP) is 0.856. The van der Waals surface area contributed by atoms with Crippen LogP contribution in [0, 0.1) is 5.92 Å². The van der Waals surface area contributed by atoms with E-state index in [-0.39, 0.29) is 11.7 Å². The van der Waals surface area contributed by atoms with Crippen LogP contribution in [0.4, 0.5) is 0 Å². The minimum Gasteiger partial charge on any atom is -0.330 e. The monoisotopic (exact) mass is 210 g/mol. The number of rotatable bonds is 6. The second-order valence-corrected chi connectivity index (χ2v) is 3.55. The summed E-state index contributed by atoms with van der Waals surface area (Å²) in [7, 11) is 0. The van der Waals surface area contributed by atoms with Gasteiger partial charge in [0, 0.05) is 19.0 Å². The average molecular weight is 210 g/mol. The zero-order valence-corrected chi connectivity index (χ0v) is 9.31. The van der Waals surface area contributed by atoms with Gasteiger partial charge in [0.25, 0.3) is 0 Å². The molecule has 1 heterocycles. The standard InChI is InChI=1S/C10H18N4O/c1-3-5-14-9(7-12-13-14)10(15)8(4-2)6-11/h7-8H,3-6,11H2,1-2H3. The first-order valence-electron chi connectivity index (χ1n) is 5.37. The van der Waals surface area contributed by atoms with Gasteiger partial charge >= 0.3 is 0 Å². The van der Waals surface area contributed by atoms with E-state index in [0.717, 1.165) is 19.4 Å². The number of hydrogen-bond donors (Lipinski definition) is 1. The Morgan fingerprint density at radius 1 is 1.60 bits per heavy atom. The third-order valence-corrected chi connectivity index (χ3v) is 2.45. The van der Waals surface area contributed by atoms with Crippen molar-refractivity contribution < 1.29 is 4.79 Å². The zero-order valence-electron chi connectivity index (χ0n) is 9.31. The zero-order chi connectivity index (χ0) is 11.3. The van der Waals surface area contributed by atoms with Gasteiger partial charge in [-0.3, -0.25) is 4.79 Å². The molecule has 0 spiro atoms. The van der Waals surface area contributed by atoms with E-state index in [0.29, 0.717) is 12.2 Å². The number of aromatic nitrogens is 3. The second kappa shape index (κ2) is 5.60. The van der Waals surface area contributed by atoms with Crippen molar-refractivity contribution in [2.45, 2.75) is 33.2 Å². The molecule has 0 saturated heterocycles. The van der Waals surface area contributed by atoms with Crippen LogP contribution in [0.15, 0.2) is 6.20 Å². The summed E-state index contributed by atoms with van der Waals surface area (Å²) in [5.74, 6) is -0.0578. The van der Waals surface area contributed by atoms with Gasteiger partial charge in [0.1, 0.15) is 5.69 Å². The highest BCUT2D eigenvalue weighted by molar-refractivity contribution is 5.96. The maximum absolute atomic E-state index is 12.0. The van der Waals surface area contributed by atoms with E-state index in [4.69, 9.17) is 5.73 Å². The molecule has 0 bridgehead atoms. The third kappa shape index (κ3) is 2.62. The van der Waals surface area contributed by atoms with E-state index >= 15 is 0 Å². The lowest BCUT2D eigenvalue weighted by atomic mass is 9.99. The second-order valence-electron chi connectivity index (χ2n) is 3.55. The Hall–Kier alpha value is -1.23. The Morgan fingerprint density at radius 3 is 2.87 bits per heavy atom. The molecule has 1 aromatic rings. The summed E-state index contributed by atoms with van der Waals surface area (Å²) in [5, 5.41) is 7.65. The summed E-state index contributed by atoms with van der Waals surface area (Å²) in [6, 6.07) is 0. The fraction of sp³-hybridized carbons (Fsp3) is 0.700. The van der Waals surface area contributed by atoms with Gasteiger partial charge in [-0.2, -0.15) is 0 Å². The molecule has 84 valence electrons. The highest BCUT2D eigenvalue weighted by Gasteiger charge is 2.20. The van der Waals surface area contributed by atoms with Crippen LogP contribution in [-0.4, -0.2) is 27.3 Å². The van der Waals surface area contributed by atoms with Crippen LogP contribution in [0.25, 0.3) is 0 Å². The summed E-state index contributed by atoms with van der Waals surface area (Å²) in [6.45, 7) is 5.11. The molecule has 0 radical (unpaired) electrons. The molecule has 0 fully saturated rings. The van der Waals surface area contributed by atoms with E-state index in [2.05, 4.69) is 10.3 Å². The number of nitrogens with two attached hydrogens (primary N) is 1. The van der Waals surface area contributed by atoms with Crippen molar-refractivity contribution >= 4 is 5.78 Å². The number of ketones is 1. The van der Waals surface area contributed by atoms with E-state index in [1.54, 1.807) is 4.68 Å². The summed E-state index contributed by atoms with van der Waals surface area (Å²) >= 11 is 0. The van der Waals surface area contributed by atoms with Crippen molar-refractivity contribution in [1.82, 2.24) is 15.0 Å². The summed E-state index contributed by atoms with van der Waals surface area (Å²) in [5.41, 5.74) is 6.12. The first-order chi connectivity index (χ1) is 7.24. The molecule has 5 nitrogen and oxygen atoms in total. The normalized spacial score (nSPS) is 12.7. The molecule has 1 unspecified atom stereocenters. The Morgan fingerprint density at radius 2 is 2.33 bits per heavy atom. The van der Waals surface area contributed by atoms with Crippen LogP contribution in [0.5, 0.6) is 0 Å². The van der Waals surface area contributed by atoms with E-state index < -0.39 is 0 Å². The van der Waals surface area contributed by atoms with Crippen molar-refractivity contribution in [3.63, 3.8) is 0 Å². The van der Waals surface area contributed by atoms with E-state index in [9.17, 15) is 4.79 Å². The molecule has 15 heavy (non-hydrogen) atoms. The average Bonchev–Trinajstić information content (AvgIpc) is 2.68. The number of carbonyl (C=O) groups is 1. The van der Waals surface area contributed by atoms with Crippen molar-refractivity contribution in [3.05, 3.63) is 11.9 Å². The SMILES string of the molecule is CCCn1nncc1C(=O)C(CC)CN. The lowest BCUT2D eigenvalue weighted by Crippen LogP contribution is -2.25. The molecule has 0 aliphatic carbocycles. The van der Waals surface area contributed by atoms with Crippen LogP contribution in [0.1, 0.15) is 37.2 Å². The van der Waals surface area contributed by atoms with Crippen molar-refractivity contribution in [3.8, 4) is 0 Å². The van der Waals surface area contributed by atoms with Crippen LogP contribution in [0.2, 0.25) is 0 Å². The fourth-order valence-electron chi connectivity index (χ4n) is 1.49. The van der Waals surface area contributed by atoms with Crippen molar-refractivity contribution in [1.29, 1.82) is 0 Å². The molecular formula is C10H18N4O. The number of Topliss-reactive ketones (excluding diaryl/α,β-unsaturated/α-hetero) is 1. The molecule has 5 heteroatoms. The van der Waals surface area contributed by atoms with Gasteiger partial charge in [-0.05, 0) is 12.8 Å². The minimum absolute atomic E-state index is 0.0541. The smallest absolute Gasteiger partial charge is 0.186 e. The quantitative estimate of drug-likeness (QED) is 0.706. The molecule has 2 N–H and O–H groups in total. The highest BCUT2D eigenvalue weighted by atomic mass is 16.1. The van der Waals surface area contributed by atoms with Gasteiger partial charge in [-0.1, -0.05) is 19.1 Å². The fourth-order valence-corrected chi connectivity index (χ4v) is 1.49. The molecule has 1 atom stereocenters. The van der Waals surface area contributed by atoms with Gasteiger partial charge in [0.15, 0.2) is 5.78 Å². The van der Waals surface area contributed by atoms with Crippen molar-refractivity contribution in [2.24, 2.45) is 11.7 Å². The first kappa shape index (κ1) is 11.8. The molecular weight excluding hydrogens is 192 g/mol. The Labute approximate surface area is 89.6 Å². The lowest BCUT2D eigenvalue weighted by molar-refractivity contribution is 0.0910.